The maximum Gasteiger partial charge on any atom is 0.341 e. The number of hydrogen-bond donors (Lipinski definition) is 1. The van der Waals surface area contributed by atoms with Crippen LogP contribution in [0, 0.1) is 5.92 Å². The average Bonchev–Trinajstić information content (AvgIpc) is 2.90. The summed E-state index contributed by atoms with van der Waals surface area (Å²) in [6, 6.07) is 7.17. The molecule has 1 aliphatic rings. The maximum atomic E-state index is 12.5. The minimum absolute atomic E-state index is 0.229. The first-order valence-corrected chi connectivity index (χ1v) is 9.40. The molecule has 0 saturated carbocycles. The van der Waals surface area contributed by atoms with E-state index in [1.807, 2.05) is 6.07 Å². The Morgan fingerprint density at radius 1 is 1.38 bits per heavy atom. The van der Waals surface area contributed by atoms with Gasteiger partial charge in [-0.25, -0.2) is 4.79 Å². The van der Waals surface area contributed by atoms with E-state index in [1.54, 1.807) is 18.2 Å². The molecule has 24 heavy (non-hydrogen) atoms. The van der Waals surface area contributed by atoms with Gasteiger partial charge in [0.15, 0.2) is 0 Å². The molecule has 0 spiro atoms. The molecule has 6 heteroatoms. The normalized spacial score (nSPS) is 16.4. The van der Waals surface area contributed by atoms with Gasteiger partial charge in [-0.3, -0.25) is 4.79 Å². The SMILES string of the molecule is COC(=O)c1c(NC(=O)c2cccc(Br)c2)sc2c1CC[C@@H](C)C2. The molecule has 1 N–H and O–H groups in total. The number of halogens is 1. The van der Waals surface area contributed by atoms with Gasteiger partial charge in [0.25, 0.3) is 5.91 Å². The molecule has 1 amide bonds. The molecule has 4 nitrogen and oxygen atoms in total. The standard InChI is InChI=1S/C18H18BrNO3S/c1-10-6-7-13-14(8-10)24-17(15(13)18(22)23-2)20-16(21)11-4-3-5-12(19)9-11/h3-5,9-10H,6-8H2,1-2H3,(H,20,21)/t10-/m1/s1. The van der Waals surface area contributed by atoms with Crippen molar-refractivity contribution in [2.45, 2.75) is 26.2 Å². The van der Waals surface area contributed by atoms with Gasteiger partial charge in [0.2, 0.25) is 0 Å². The van der Waals surface area contributed by atoms with Crippen molar-refractivity contribution >= 4 is 44.1 Å². The van der Waals surface area contributed by atoms with Gasteiger partial charge >= 0.3 is 5.97 Å². The summed E-state index contributed by atoms with van der Waals surface area (Å²) in [5.41, 5.74) is 2.10. The van der Waals surface area contributed by atoms with Crippen LogP contribution < -0.4 is 5.32 Å². The van der Waals surface area contributed by atoms with E-state index in [0.29, 0.717) is 22.0 Å². The Morgan fingerprint density at radius 3 is 2.88 bits per heavy atom. The highest BCUT2D eigenvalue weighted by molar-refractivity contribution is 9.10. The van der Waals surface area contributed by atoms with E-state index in [4.69, 9.17) is 4.74 Å². The van der Waals surface area contributed by atoms with Crippen LogP contribution in [0.2, 0.25) is 0 Å². The highest BCUT2D eigenvalue weighted by Gasteiger charge is 2.29. The second kappa shape index (κ2) is 7.07. The molecule has 0 aliphatic heterocycles. The lowest BCUT2D eigenvalue weighted by Crippen LogP contribution is -2.16. The van der Waals surface area contributed by atoms with E-state index in [1.165, 1.54) is 23.3 Å². The van der Waals surface area contributed by atoms with Gasteiger partial charge in [0.1, 0.15) is 5.00 Å². The van der Waals surface area contributed by atoms with E-state index < -0.39 is 0 Å². The first kappa shape index (κ1) is 17.2. The number of anilines is 1. The third-order valence-corrected chi connectivity index (χ3v) is 5.88. The first-order valence-electron chi connectivity index (χ1n) is 7.79. The maximum absolute atomic E-state index is 12.5. The summed E-state index contributed by atoms with van der Waals surface area (Å²) in [5, 5.41) is 3.49. The van der Waals surface area contributed by atoms with Crippen molar-refractivity contribution in [3.05, 3.63) is 50.3 Å². The van der Waals surface area contributed by atoms with Crippen LogP contribution in [0.1, 0.15) is 44.5 Å². The lowest BCUT2D eigenvalue weighted by atomic mass is 9.88. The molecule has 1 aromatic carbocycles. The number of carbonyl (C=O) groups is 2. The summed E-state index contributed by atoms with van der Waals surface area (Å²) in [4.78, 5) is 26.0. The molecular weight excluding hydrogens is 390 g/mol. The highest BCUT2D eigenvalue weighted by Crippen LogP contribution is 2.40. The Labute approximate surface area is 153 Å². The zero-order chi connectivity index (χ0) is 17.3. The number of thiophene rings is 1. The quantitative estimate of drug-likeness (QED) is 0.751. The Morgan fingerprint density at radius 2 is 2.17 bits per heavy atom. The number of hydrogen-bond acceptors (Lipinski definition) is 4. The third-order valence-electron chi connectivity index (χ3n) is 4.22. The second-order valence-electron chi connectivity index (χ2n) is 6.01. The number of carbonyl (C=O) groups excluding carboxylic acids is 2. The summed E-state index contributed by atoms with van der Waals surface area (Å²) in [7, 11) is 1.37. The van der Waals surface area contributed by atoms with Crippen LogP contribution in [-0.4, -0.2) is 19.0 Å². The minimum atomic E-state index is -0.383. The third kappa shape index (κ3) is 3.39. The number of methoxy groups -OCH3 is 1. The molecule has 0 unspecified atom stereocenters. The largest absolute Gasteiger partial charge is 0.465 e. The first-order chi connectivity index (χ1) is 11.5. The smallest absolute Gasteiger partial charge is 0.341 e. The Bertz CT molecular complexity index is 800. The Hall–Kier alpha value is -1.66. The molecule has 1 aromatic heterocycles. The van der Waals surface area contributed by atoms with E-state index in [0.717, 1.165) is 29.3 Å². The van der Waals surface area contributed by atoms with Gasteiger partial charge in [0.05, 0.1) is 12.7 Å². The molecule has 0 fully saturated rings. The molecule has 1 aliphatic carbocycles. The second-order valence-corrected chi connectivity index (χ2v) is 8.03. The number of rotatable bonds is 3. The van der Waals surface area contributed by atoms with Gasteiger partial charge < -0.3 is 10.1 Å². The van der Waals surface area contributed by atoms with Gasteiger partial charge in [-0.15, -0.1) is 11.3 Å². The van der Waals surface area contributed by atoms with Crippen molar-refractivity contribution < 1.29 is 14.3 Å². The summed E-state index contributed by atoms with van der Waals surface area (Å²) in [5.74, 6) is -0.0185. The number of fused-ring (bicyclic) bond motifs is 1. The predicted molar refractivity (Wildman–Crippen MR) is 98.9 cm³/mol. The summed E-state index contributed by atoms with van der Waals surface area (Å²) in [6.45, 7) is 2.21. The fourth-order valence-corrected chi connectivity index (χ4v) is 4.75. The summed E-state index contributed by atoms with van der Waals surface area (Å²) < 4.78 is 5.78. The monoisotopic (exact) mass is 407 g/mol. The minimum Gasteiger partial charge on any atom is -0.465 e. The number of amides is 1. The van der Waals surface area contributed by atoms with Gasteiger partial charge in [0, 0.05) is 14.9 Å². The highest BCUT2D eigenvalue weighted by atomic mass is 79.9. The van der Waals surface area contributed by atoms with Crippen LogP contribution in [0.3, 0.4) is 0 Å². The number of ether oxygens (including phenoxy) is 1. The van der Waals surface area contributed by atoms with E-state index in [2.05, 4.69) is 28.2 Å². The van der Waals surface area contributed by atoms with Gasteiger partial charge in [-0.2, -0.15) is 0 Å². The molecule has 0 bridgehead atoms. The van der Waals surface area contributed by atoms with Crippen molar-refractivity contribution in [2.75, 3.05) is 12.4 Å². The molecule has 126 valence electrons. The summed E-state index contributed by atoms with van der Waals surface area (Å²) in [6.07, 6.45) is 2.84. The predicted octanol–water partition coefficient (Wildman–Crippen LogP) is 4.67. The van der Waals surface area contributed by atoms with Crippen molar-refractivity contribution in [1.82, 2.24) is 0 Å². The molecule has 2 aromatic rings. The van der Waals surface area contributed by atoms with E-state index >= 15 is 0 Å². The fraction of sp³-hybridized carbons (Fsp3) is 0.333. The number of nitrogens with one attached hydrogen (secondary N) is 1. The molecule has 1 heterocycles. The van der Waals surface area contributed by atoms with Crippen LogP contribution in [0.25, 0.3) is 0 Å². The Kier molecular flexibility index (Phi) is 5.06. The Balaban J connectivity index is 1.95. The zero-order valence-corrected chi connectivity index (χ0v) is 15.9. The topological polar surface area (TPSA) is 55.4 Å². The molecule has 0 radical (unpaired) electrons. The number of benzene rings is 1. The van der Waals surface area contributed by atoms with Crippen molar-refractivity contribution in [2.24, 2.45) is 5.92 Å². The van der Waals surface area contributed by atoms with Crippen molar-refractivity contribution in [3.63, 3.8) is 0 Å². The van der Waals surface area contributed by atoms with Crippen LogP contribution in [0.4, 0.5) is 5.00 Å². The van der Waals surface area contributed by atoms with E-state index in [-0.39, 0.29) is 11.9 Å². The number of esters is 1. The van der Waals surface area contributed by atoms with Crippen LogP contribution in [-0.2, 0) is 17.6 Å². The zero-order valence-electron chi connectivity index (χ0n) is 13.5. The van der Waals surface area contributed by atoms with E-state index in [9.17, 15) is 9.59 Å². The van der Waals surface area contributed by atoms with Crippen LogP contribution in [0.15, 0.2) is 28.7 Å². The van der Waals surface area contributed by atoms with Crippen molar-refractivity contribution in [3.8, 4) is 0 Å². The van der Waals surface area contributed by atoms with Crippen molar-refractivity contribution in [1.29, 1.82) is 0 Å². The summed E-state index contributed by atoms with van der Waals surface area (Å²) >= 11 is 4.86. The van der Waals surface area contributed by atoms with Gasteiger partial charge in [-0.05, 0) is 48.9 Å². The lowest BCUT2D eigenvalue weighted by Gasteiger charge is -2.18. The molecule has 1 atom stereocenters. The molecule has 3 rings (SSSR count). The van der Waals surface area contributed by atoms with Crippen LogP contribution >= 0.6 is 27.3 Å². The molecular formula is C18H18BrNO3S. The fourth-order valence-electron chi connectivity index (χ4n) is 2.96. The average molecular weight is 408 g/mol. The molecule has 0 saturated heterocycles. The van der Waals surface area contributed by atoms with Crippen LogP contribution in [0.5, 0.6) is 0 Å². The van der Waals surface area contributed by atoms with Gasteiger partial charge in [-0.1, -0.05) is 28.9 Å². The lowest BCUT2D eigenvalue weighted by molar-refractivity contribution is 0.0601.